The van der Waals surface area contributed by atoms with E-state index in [4.69, 9.17) is 10.00 Å². The molecule has 1 N–H and O–H groups in total. The van der Waals surface area contributed by atoms with Crippen LogP contribution in [-0.4, -0.2) is 19.2 Å². The van der Waals surface area contributed by atoms with Crippen LogP contribution in [0, 0.1) is 11.3 Å². The lowest BCUT2D eigenvalue weighted by Gasteiger charge is -2.14. The normalized spacial score (nSPS) is 11.8. The Morgan fingerprint density at radius 1 is 1.35 bits per heavy atom. The third kappa shape index (κ3) is 4.46. The topological polar surface area (TPSA) is 45.0 Å². The number of nitriles is 1. The molecule has 0 bridgehead atoms. The molecule has 1 rings (SSSR count). The molecule has 0 aromatic heterocycles. The zero-order valence-electron chi connectivity index (χ0n) is 10.6. The molecule has 0 fully saturated rings. The van der Waals surface area contributed by atoms with Crippen LogP contribution >= 0.6 is 0 Å². The highest BCUT2D eigenvalue weighted by atomic mass is 16.5. The second-order valence-corrected chi connectivity index (χ2v) is 3.91. The molecule has 0 heterocycles. The van der Waals surface area contributed by atoms with E-state index in [1.54, 1.807) is 0 Å². The number of ether oxygens (including phenoxy) is 1. The van der Waals surface area contributed by atoms with Gasteiger partial charge in [-0.05, 0) is 31.0 Å². The minimum Gasteiger partial charge on any atom is -0.491 e. The average Bonchev–Trinajstić information content (AvgIpc) is 2.39. The predicted octanol–water partition coefficient (Wildman–Crippen LogP) is 2.52. The standard InChI is InChI=1S/C14H20N2O/c1-3-9-16-13(10-15)11-17-14-8-6-5-7-12(14)4-2/h5-8,13,16H,3-4,9,11H2,1-2H3. The Hall–Kier alpha value is -1.53. The van der Waals surface area contributed by atoms with Gasteiger partial charge in [-0.3, -0.25) is 5.32 Å². The smallest absolute Gasteiger partial charge is 0.130 e. The van der Waals surface area contributed by atoms with Gasteiger partial charge in [-0.15, -0.1) is 0 Å². The van der Waals surface area contributed by atoms with Gasteiger partial charge in [-0.1, -0.05) is 32.0 Å². The maximum absolute atomic E-state index is 8.96. The molecule has 1 aromatic carbocycles. The molecule has 0 radical (unpaired) electrons. The first kappa shape index (κ1) is 13.5. The zero-order valence-corrected chi connectivity index (χ0v) is 10.6. The number of nitrogens with zero attached hydrogens (tertiary/aromatic N) is 1. The van der Waals surface area contributed by atoms with E-state index in [2.05, 4.69) is 31.3 Å². The van der Waals surface area contributed by atoms with Crippen molar-refractivity contribution in [1.82, 2.24) is 5.32 Å². The van der Waals surface area contributed by atoms with Crippen molar-refractivity contribution < 1.29 is 4.74 Å². The first-order valence-electron chi connectivity index (χ1n) is 6.15. The number of hydrogen-bond acceptors (Lipinski definition) is 3. The van der Waals surface area contributed by atoms with Crippen LogP contribution in [0.5, 0.6) is 5.75 Å². The molecule has 0 amide bonds. The lowest BCUT2D eigenvalue weighted by Crippen LogP contribution is -2.33. The van der Waals surface area contributed by atoms with E-state index < -0.39 is 0 Å². The van der Waals surface area contributed by atoms with Crippen LogP contribution in [0.15, 0.2) is 24.3 Å². The third-order valence-electron chi connectivity index (χ3n) is 2.56. The van der Waals surface area contributed by atoms with E-state index in [9.17, 15) is 0 Å². The van der Waals surface area contributed by atoms with Crippen LogP contribution in [0.25, 0.3) is 0 Å². The number of rotatable bonds is 7. The number of benzene rings is 1. The van der Waals surface area contributed by atoms with Crippen LogP contribution in [-0.2, 0) is 6.42 Å². The second kappa shape index (κ2) is 7.70. The first-order valence-corrected chi connectivity index (χ1v) is 6.15. The summed E-state index contributed by atoms with van der Waals surface area (Å²) >= 11 is 0. The highest BCUT2D eigenvalue weighted by molar-refractivity contribution is 5.33. The quantitative estimate of drug-likeness (QED) is 0.785. The number of para-hydroxylation sites is 1. The van der Waals surface area contributed by atoms with Crippen LogP contribution in [0.4, 0.5) is 0 Å². The van der Waals surface area contributed by atoms with Gasteiger partial charge in [0.15, 0.2) is 0 Å². The van der Waals surface area contributed by atoms with Crippen molar-refractivity contribution in [3.05, 3.63) is 29.8 Å². The lowest BCUT2D eigenvalue weighted by molar-refractivity contribution is 0.287. The molecule has 1 atom stereocenters. The lowest BCUT2D eigenvalue weighted by atomic mass is 10.1. The van der Waals surface area contributed by atoms with Gasteiger partial charge in [0.05, 0.1) is 6.07 Å². The SMILES string of the molecule is CCCNC(C#N)COc1ccccc1CC. The van der Waals surface area contributed by atoms with E-state index in [0.717, 1.165) is 25.1 Å². The molecule has 0 spiro atoms. The van der Waals surface area contributed by atoms with Gasteiger partial charge in [0.1, 0.15) is 18.4 Å². The maximum atomic E-state index is 8.96. The van der Waals surface area contributed by atoms with Crippen LogP contribution in [0.2, 0.25) is 0 Å². The Balaban J connectivity index is 2.51. The highest BCUT2D eigenvalue weighted by Gasteiger charge is 2.08. The fourth-order valence-corrected chi connectivity index (χ4v) is 1.57. The minimum atomic E-state index is -0.236. The summed E-state index contributed by atoms with van der Waals surface area (Å²) in [5, 5.41) is 12.1. The Morgan fingerprint density at radius 3 is 2.76 bits per heavy atom. The molecular formula is C14H20N2O. The summed E-state index contributed by atoms with van der Waals surface area (Å²) in [7, 11) is 0. The van der Waals surface area contributed by atoms with E-state index in [-0.39, 0.29) is 6.04 Å². The molecule has 0 aliphatic heterocycles. The summed E-state index contributed by atoms with van der Waals surface area (Å²) in [5.41, 5.74) is 1.18. The van der Waals surface area contributed by atoms with E-state index in [0.29, 0.717) is 6.61 Å². The number of aryl methyl sites for hydroxylation is 1. The van der Waals surface area contributed by atoms with Crippen LogP contribution in [0.3, 0.4) is 0 Å². The summed E-state index contributed by atoms with van der Waals surface area (Å²) in [6.07, 6.45) is 1.96. The highest BCUT2D eigenvalue weighted by Crippen LogP contribution is 2.18. The van der Waals surface area contributed by atoms with Crippen molar-refractivity contribution in [1.29, 1.82) is 5.26 Å². The van der Waals surface area contributed by atoms with Crippen molar-refractivity contribution in [2.45, 2.75) is 32.7 Å². The largest absolute Gasteiger partial charge is 0.491 e. The molecule has 17 heavy (non-hydrogen) atoms. The number of hydrogen-bond donors (Lipinski definition) is 1. The van der Waals surface area contributed by atoms with Gasteiger partial charge in [0, 0.05) is 0 Å². The maximum Gasteiger partial charge on any atom is 0.130 e. The summed E-state index contributed by atoms with van der Waals surface area (Å²) in [4.78, 5) is 0. The molecule has 3 heteroatoms. The summed E-state index contributed by atoms with van der Waals surface area (Å²) < 4.78 is 5.69. The number of nitrogens with one attached hydrogen (secondary N) is 1. The van der Waals surface area contributed by atoms with Crippen molar-refractivity contribution >= 4 is 0 Å². The monoisotopic (exact) mass is 232 g/mol. The minimum absolute atomic E-state index is 0.236. The molecular weight excluding hydrogens is 212 g/mol. The third-order valence-corrected chi connectivity index (χ3v) is 2.56. The molecule has 92 valence electrons. The van der Waals surface area contributed by atoms with Gasteiger partial charge >= 0.3 is 0 Å². The van der Waals surface area contributed by atoms with Crippen molar-refractivity contribution in [2.24, 2.45) is 0 Å². The van der Waals surface area contributed by atoms with E-state index >= 15 is 0 Å². The fraction of sp³-hybridized carbons (Fsp3) is 0.500. The molecule has 1 aromatic rings. The van der Waals surface area contributed by atoms with Gasteiger partial charge in [-0.2, -0.15) is 5.26 Å². The summed E-state index contributed by atoms with van der Waals surface area (Å²) in [5.74, 6) is 0.883. The fourth-order valence-electron chi connectivity index (χ4n) is 1.57. The van der Waals surface area contributed by atoms with Gasteiger partial charge in [-0.25, -0.2) is 0 Å². The molecule has 0 saturated heterocycles. The zero-order chi connectivity index (χ0) is 12.5. The Bertz CT molecular complexity index is 371. The van der Waals surface area contributed by atoms with E-state index in [1.165, 1.54) is 5.56 Å². The molecule has 3 nitrogen and oxygen atoms in total. The Morgan fingerprint density at radius 2 is 2.12 bits per heavy atom. The van der Waals surface area contributed by atoms with Crippen molar-refractivity contribution in [3.63, 3.8) is 0 Å². The predicted molar refractivity (Wildman–Crippen MR) is 69.0 cm³/mol. The average molecular weight is 232 g/mol. The van der Waals surface area contributed by atoms with Gasteiger partial charge in [0.25, 0.3) is 0 Å². The summed E-state index contributed by atoms with van der Waals surface area (Å²) in [6.45, 7) is 5.42. The first-order chi connectivity index (χ1) is 8.31. The second-order valence-electron chi connectivity index (χ2n) is 3.91. The van der Waals surface area contributed by atoms with Crippen molar-refractivity contribution in [2.75, 3.05) is 13.2 Å². The molecule has 0 aliphatic rings. The van der Waals surface area contributed by atoms with Crippen molar-refractivity contribution in [3.8, 4) is 11.8 Å². The molecule has 1 unspecified atom stereocenters. The van der Waals surface area contributed by atoms with Crippen LogP contribution in [0.1, 0.15) is 25.8 Å². The Labute approximate surface area is 103 Å². The van der Waals surface area contributed by atoms with Crippen LogP contribution < -0.4 is 10.1 Å². The molecule has 0 aliphatic carbocycles. The summed E-state index contributed by atoms with van der Waals surface area (Å²) in [6, 6.07) is 9.93. The van der Waals surface area contributed by atoms with E-state index in [1.807, 2.05) is 18.2 Å². The van der Waals surface area contributed by atoms with Gasteiger partial charge in [0.2, 0.25) is 0 Å². The molecule has 0 saturated carbocycles. The van der Waals surface area contributed by atoms with Gasteiger partial charge < -0.3 is 4.74 Å². The Kier molecular flexibility index (Phi) is 6.13.